The SMILES string of the molecule is CSCC(C)N1C(=O)C(C)(C)NC(=O)C1C. The summed E-state index contributed by atoms with van der Waals surface area (Å²) in [7, 11) is 0. The summed E-state index contributed by atoms with van der Waals surface area (Å²) in [5, 5.41) is 2.75. The Morgan fingerprint density at radius 2 is 2.06 bits per heavy atom. The molecular formula is C11H20N2O2S. The van der Waals surface area contributed by atoms with E-state index in [1.54, 1.807) is 37.4 Å². The van der Waals surface area contributed by atoms with E-state index in [-0.39, 0.29) is 23.9 Å². The molecule has 1 saturated heterocycles. The predicted molar refractivity (Wildman–Crippen MR) is 66.4 cm³/mol. The van der Waals surface area contributed by atoms with E-state index in [0.29, 0.717) is 0 Å². The molecule has 4 nitrogen and oxygen atoms in total. The molecule has 5 heteroatoms. The Hall–Kier alpha value is -0.710. The van der Waals surface area contributed by atoms with Crippen LogP contribution in [-0.2, 0) is 9.59 Å². The topological polar surface area (TPSA) is 49.4 Å². The van der Waals surface area contributed by atoms with Gasteiger partial charge < -0.3 is 10.2 Å². The zero-order chi connectivity index (χ0) is 12.5. The quantitative estimate of drug-likeness (QED) is 0.801. The number of carbonyl (C=O) groups excluding carboxylic acids is 2. The molecule has 2 unspecified atom stereocenters. The fourth-order valence-electron chi connectivity index (χ4n) is 1.99. The zero-order valence-corrected chi connectivity index (χ0v) is 11.4. The molecular weight excluding hydrogens is 224 g/mol. The van der Waals surface area contributed by atoms with Gasteiger partial charge in [0.15, 0.2) is 0 Å². The van der Waals surface area contributed by atoms with Gasteiger partial charge in [0, 0.05) is 11.8 Å². The van der Waals surface area contributed by atoms with Crippen LogP contribution in [-0.4, -0.2) is 46.3 Å². The first-order valence-electron chi connectivity index (χ1n) is 5.45. The summed E-state index contributed by atoms with van der Waals surface area (Å²) in [5.41, 5.74) is -0.781. The maximum Gasteiger partial charge on any atom is 0.248 e. The number of hydrogen-bond donors (Lipinski definition) is 1. The summed E-state index contributed by atoms with van der Waals surface area (Å²) in [4.78, 5) is 25.7. The molecule has 0 bridgehead atoms. The van der Waals surface area contributed by atoms with Gasteiger partial charge in [-0.1, -0.05) is 0 Å². The van der Waals surface area contributed by atoms with Crippen molar-refractivity contribution in [1.29, 1.82) is 0 Å². The molecule has 1 heterocycles. The van der Waals surface area contributed by atoms with E-state index >= 15 is 0 Å². The Labute approximate surface area is 101 Å². The number of piperazine rings is 1. The summed E-state index contributed by atoms with van der Waals surface area (Å²) in [5.74, 6) is 0.776. The van der Waals surface area contributed by atoms with Crippen molar-refractivity contribution in [3.8, 4) is 0 Å². The lowest BCUT2D eigenvalue weighted by Crippen LogP contribution is -2.69. The summed E-state index contributed by atoms with van der Waals surface area (Å²) < 4.78 is 0. The smallest absolute Gasteiger partial charge is 0.248 e. The molecule has 2 atom stereocenters. The number of thioether (sulfide) groups is 1. The normalized spacial score (nSPS) is 26.6. The van der Waals surface area contributed by atoms with E-state index in [0.717, 1.165) is 5.75 Å². The molecule has 92 valence electrons. The summed E-state index contributed by atoms with van der Waals surface area (Å²) in [6, 6.07) is -0.287. The molecule has 0 spiro atoms. The fourth-order valence-corrected chi connectivity index (χ4v) is 2.64. The van der Waals surface area contributed by atoms with Crippen LogP contribution in [0, 0.1) is 0 Å². The molecule has 0 radical (unpaired) electrons. The van der Waals surface area contributed by atoms with Crippen molar-refractivity contribution in [2.45, 2.75) is 45.3 Å². The third-order valence-electron chi connectivity index (χ3n) is 2.88. The molecule has 0 saturated carbocycles. The van der Waals surface area contributed by atoms with E-state index in [2.05, 4.69) is 5.32 Å². The second-order valence-electron chi connectivity index (χ2n) is 4.81. The monoisotopic (exact) mass is 244 g/mol. The highest BCUT2D eigenvalue weighted by Crippen LogP contribution is 2.21. The first-order chi connectivity index (χ1) is 7.31. The second-order valence-corrected chi connectivity index (χ2v) is 5.72. The van der Waals surface area contributed by atoms with Gasteiger partial charge >= 0.3 is 0 Å². The van der Waals surface area contributed by atoms with Gasteiger partial charge in [-0.3, -0.25) is 9.59 Å². The third kappa shape index (κ3) is 2.34. The van der Waals surface area contributed by atoms with Crippen LogP contribution in [0.1, 0.15) is 27.7 Å². The molecule has 2 amide bonds. The van der Waals surface area contributed by atoms with E-state index < -0.39 is 5.54 Å². The highest BCUT2D eigenvalue weighted by molar-refractivity contribution is 7.98. The Morgan fingerprint density at radius 1 is 1.50 bits per heavy atom. The van der Waals surface area contributed by atoms with Crippen LogP contribution in [0.4, 0.5) is 0 Å². The third-order valence-corrected chi connectivity index (χ3v) is 3.70. The van der Waals surface area contributed by atoms with Gasteiger partial charge in [0.2, 0.25) is 11.8 Å². The number of rotatable bonds is 3. The Bertz CT molecular complexity index is 304. The largest absolute Gasteiger partial charge is 0.340 e. The van der Waals surface area contributed by atoms with E-state index in [4.69, 9.17) is 0 Å². The Balaban J connectivity index is 2.94. The molecule has 0 aromatic rings. The average molecular weight is 244 g/mol. The highest BCUT2D eigenvalue weighted by Gasteiger charge is 2.44. The van der Waals surface area contributed by atoms with Gasteiger partial charge in [-0.05, 0) is 34.0 Å². The molecule has 0 aromatic carbocycles. The number of nitrogens with zero attached hydrogens (tertiary/aromatic N) is 1. The average Bonchev–Trinajstić information content (AvgIpc) is 2.15. The first-order valence-corrected chi connectivity index (χ1v) is 6.84. The maximum absolute atomic E-state index is 12.2. The van der Waals surface area contributed by atoms with Crippen LogP contribution < -0.4 is 5.32 Å². The molecule has 16 heavy (non-hydrogen) atoms. The van der Waals surface area contributed by atoms with Crippen molar-refractivity contribution >= 4 is 23.6 Å². The van der Waals surface area contributed by atoms with E-state index in [1.807, 2.05) is 13.2 Å². The summed E-state index contributed by atoms with van der Waals surface area (Å²) in [6.45, 7) is 7.26. The first kappa shape index (κ1) is 13.4. The minimum Gasteiger partial charge on any atom is -0.340 e. The Kier molecular flexibility index (Phi) is 3.88. The Morgan fingerprint density at radius 3 is 2.56 bits per heavy atom. The van der Waals surface area contributed by atoms with Gasteiger partial charge in [-0.15, -0.1) is 0 Å². The number of amides is 2. The second kappa shape index (κ2) is 4.65. The van der Waals surface area contributed by atoms with Gasteiger partial charge in [0.05, 0.1) is 0 Å². The minimum absolute atomic E-state index is 0.00106. The highest BCUT2D eigenvalue weighted by atomic mass is 32.2. The van der Waals surface area contributed by atoms with Crippen LogP contribution in [0.15, 0.2) is 0 Å². The predicted octanol–water partition coefficient (Wildman–Crippen LogP) is 0.863. The lowest BCUT2D eigenvalue weighted by molar-refractivity contribution is -0.154. The van der Waals surface area contributed by atoms with Crippen LogP contribution >= 0.6 is 11.8 Å². The van der Waals surface area contributed by atoms with E-state index in [9.17, 15) is 9.59 Å². The van der Waals surface area contributed by atoms with Crippen molar-refractivity contribution < 1.29 is 9.59 Å². The number of nitrogens with one attached hydrogen (secondary N) is 1. The molecule has 0 aliphatic carbocycles. The molecule has 1 aliphatic heterocycles. The van der Waals surface area contributed by atoms with Gasteiger partial charge in [-0.25, -0.2) is 0 Å². The van der Waals surface area contributed by atoms with Gasteiger partial charge in [0.1, 0.15) is 11.6 Å². The molecule has 1 aliphatic rings. The standard InChI is InChI=1S/C11H20N2O2S/c1-7(6-16-5)13-8(2)9(14)12-11(3,4)10(13)15/h7-8H,6H2,1-5H3,(H,12,14). The molecule has 1 rings (SSSR count). The van der Waals surface area contributed by atoms with Crippen LogP contribution in [0.5, 0.6) is 0 Å². The van der Waals surface area contributed by atoms with Crippen molar-refractivity contribution in [2.75, 3.05) is 12.0 Å². The van der Waals surface area contributed by atoms with Crippen molar-refractivity contribution in [3.63, 3.8) is 0 Å². The van der Waals surface area contributed by atoms with Crippen molar-refractivity contribution in [2.24, 2.45) is 0 Å². The lowest BCUT2D eigenvalue weighted by Gasteiger charge is -2.44. The van der Waals surface area contributed by atoms with Crippen LogP contribution in [0.2, 0.25) is 0 Å². The van der Waals surface area contributed by atoms with Gasteiger partial charge in [-0.2, -0.15) is 11.8 Å². The van der Waals surface area contributed by atoms with Crippen LogP contribution in [0.3, 0.4) is 0 Å². The number of carbonyl (C=O) groups is 2. The molecule has 0 aromatic heterocycles. The maximum atomic E-state index is 12.2. The molecule has 1 N–H and O–H groups in total. The van der Waals surface area contributed by atoms with Crippen LogP contribution in [0.25, 0.3) is 0 Å². The van der Waals surface area contributed by atoms with Crippen molar-refractivity contribution in [3.05, 3.63) is 0 Å². The number of hydrogen-bond acceptors (Lipinski definition) is 3. The van der Waals surface area contributed by atoms with Gasteiger partial charge in [0.25, 0.3) is 0 Å². The summed E-state index contributed by atoms with van der Waals surface area (Å²) >= 11 is 1.68. The summed E-state index contributed by atoms with van der Waals surface area (Å²) in [6.07, 6.45) is 2.00. The molecule has 1 fully saturated rings. The zero-order valence-electron chi connectivity index (χ0n) is 10.5. The van der Waals surface area contributed by atoms with Crippen molar-refractivity contribution in [1.82, 2.24) is 10.2 Å². The van der Waals surface area contributed by atoms with E-state index in [1.165, 1.54) is 0 Å². The fraction of sp³-hybridized carbons (Fsp3) is 0.818. The lowest BCUT2D eigenvalue weighted by atomic mass is 9.96. The minimum atomic E-state index is -0.781.